The van der Waals surface area contributed by atoms with Gasteiger partial charge in [0.05, 0.1) is 0 Å². The number of hydrogen-bond donors (Lipinski definition) is 1. The summed E-state index contributed by atoms with van der Waals surface area (Å²) in [6.45, 7) is 6.37. The van der Waals surface area contributed by atoms with Crippen molar-refractivity contribution in [2.75, 3.05) is 18.0 Å². The quantitative estimate of drug-likeness (QED) is 0.756. The average Bonchev–Trinajstić information content (AvgIpc) is 2.16. The van der Waals surface area contributed by atoms with Crippen molar-refractivity contribution in [2.45, 2.75) is 26.3 Å². The van der Waals surface area contributed by atoms with Crippen molar-refractivity contribution in [1.82, 2.24) is 4.98 Å². The van der Waals surface area contributed by atoms with Gasteiger partial charge in [0.25, 0.3) is 0 Å². The molecule has 1 aromatic heterocycles. The molecule has 2 atom stereocenters. The van der Waals surface area contributed by atoms with Crippen LogP contribution >= 0.6 is 0 Å². The number of aromatic nitrogens is 1. The Morgan fingerprint density at radius 1 is 1.47 bits per heavy atom. The number of hydrogen-bond acceptors (Lipinski definition) is 3. The maximum Gasteiger partial charge on any atom is 0.131 e. The molecule has 15 heavy (non-hydrogen) atoms. The molecule has 3 heteroatoms. The molecular weight excluding hydrogens is 186 g/mol. The Hall–Kier alpha value is -1.09. The number of piperidine rings is 1. The van der Waals surface area contributed by atoms with E-state index in [0.29, 0.717) is 5.92 Å². The molecule has 1 fully saturated rings. The highest BCUT2D eigenvalue weighted by Crippen LogP contribution is 2.22. The van der Waals surface area contributed by atoms with Crippen LogP contribution in [0.15, 0.2) is 18.3 Å². The fourth-order valence-electron chi connectivity index (χ4n) is 2.38. The summed E-state index contributed by atoms with van der Waals surface area (Å²) in [5.41, 5.74) is 7.27. The van der Waals surface area contributed by atoms with Crippen LogP contribution in [0.4, 0.5) is 5.82 Å². The predicted molar refractivity (Wildman–Crippen MR) is 62.9 cm³/mol. The van der Waals surface area contributed by atoms with Crippen molar-refractivity contribution < 1.29 is 0 Å². The topological polar surface area (TPSA) is 42.2 Å². The highest BCUT2D eigenvalue weighted by molar-refractivity contribution is 5.46. The molecule has 2 unspecified atom stereocenters. The lowest BCUT2D eigenvalue weighted by Gasteiger charge is -2.36. The van der Waals surface area contributed by atoms with Gasteiger partial charge in [0.1, 0.15) is 5.82 Å². The second-order valence-corrected chi connectivity index (χ2v) is 4.65. The van der Waals surface area contributed by atoms with Crippen LogP contribution in [0, 0.1) is 12.8 Å². The SMILES string of the molecule is Cc1cccnc1N1CC(C)CC(N)C1. The zero-order valence-electron chi connectivity index (χ0n) is 9.48. The molecule has 0 radical (unpaired) electrons. The van der Waals surface area contributed by atoms with Crippen LogP contribution in [0.3, 0.4) is 0 Å². The van der Waals surface area contributed by atoms with E-state index in [1.165, 1.54) is 5.56 Å². The number of nitrogens with zero attached hydrogens (tertiary/aromatic N) is 2. The summed E-state index contributed by atoms with van der Waals surface area (Å²) in [4.78, 5) is 6.75. The van der Waals surface area contributed by atoms with E-state index in [9.17, 15) is 0 Å². The van der Waals surface area contributed by atoms with Gasteiger partial charge >= 0.3 is 0 Å². The van der Waals surface area contributed by atoms with E-state index in [1.807, 2.05) is 12.3 Å². The Labute approximate surface area is 91.3 Å². The van der Waals surface area contributed by atoms with Crippen LogP contribution in [0.2, 0.25) is 0 Å². The minimum absolute atomic E-state index is 0.287. The summed E-state index contributed by atoms with van der Waals surface area (Å²) in [5.74, 6) is 1.76. The summed E-state index contributed by atoms with van der Waals surface area (Å²) in [7, 11) is 0. The summed E-state index contributed by atoms with van der Waals surface area (Å²) >= 11 is 0. The van der Waals surface area contributed by atoms with Gasteiger partial charge in [-0.15, -0.1) is 0 Å². The van der Waals surface area contributed by atoms with Gasteiger partial charge in [-0.05, 0) is 30.9 Å². The summed E-state index contributed by atoms with van der Waals surface area (Å²) < 4.78 is 0. The Kier molecular flexibility index (Phi) is 2.91. The molecule has 0 bridgehead atoms. The van der Waals surface area contributed by atoms with E-state index in [2.05, 4.69) is 29.8 Å². The molecule has 82 valence electrons. The highest BCUT2D eigenvalue weighted by atomic mass is 15.2. The first kappa shape index (κ1) is 10.4. The van der Waals surface area contributed by atoms with E-state index in [0.717, 1.165) is 25.3 Å². The van der Waals surface area contributed by atoms with E-state index in [-0.39, 0.29) is 6.04 Å². The van der Waals surface area contributed by atoms with E-state index in [4.69, 9.17) is 5.73 Å². The number of aryl methyl sites for hydroxylation is 1. The number of pyridine rings is 1. The molecule has 1 aromatic rings. The van der Waals surface area contributed by atoms with Crippen LogP contribution in [-0.4, -0.2) is 24.1 Å². The first-order valence-corrected chi connectivity index (χ1v) is 5.59. The summed E-state index contributed by atoms with van der Waals surface area (Å²) in [5, 5.41) is 0. The van der Waals surface area contributed by atoms with Crippen LogP contribution < -0.4 is 10.6 Å². The lowest BCUT2D eigenvalue weighted by molar-refractivity contribution is 0.399. The Bertz CT molecular complexity index is 327. The van der Waals surface area contributed by atoms with Crippen molar-refractivity contribution in [2.24, 2.45) is 11.7 Å². The summed E-state index contributed by atoms with van der Waals surface area (Å²) in [6, 6.07) is 4.37. The standard InChI is InChI=1S/C12H19N3/c1-9-6-11(13)8-15(7-9)12-10(2)4-3-5-14-12/h3-5,9,11H,6-8,13H2,1-2H3. The zero-order chi connectivity index (χ0) is 10.8. The third-order valence-corrected chi connectivity index (χ3v) is 2.97. The van der Waals surface area contributed by atoms with Gasteiger partial charge in [-0.3, -0.25) is 0 Å². The maximum absolute atomic E-state index is 6.03. The molecular formula is C12H19N3. The van der Waals surface area contributed by atoms with Crippen LogP contribution in [0.5, 0.6) is 0 Å². The molecule has 0 aliphatic carbocycles. The smallest absolute Gasteiger partial charge is 0.131 e. The Morgan fingerprint density at radius 3 is 2.93 bits per heavy atom. The van der Waals surface area contributed by atoms with Crippen LogP contribution in [0.1, 0.15) is 18.9 Å². The lowest BCUT2D eigenvalue weighted by Crippen LogP contribution is -2.46. The third-order valence-electron chi connectivity index (χ3n) is 2.97. The molecule has 0 amide bonds. The first-order chi connectivity index (χ1) is 7.16. The molecule has 3 nitrogen and oxygen atoms in total. The molecule has 2 rings (SSSR count). The van der Waals surface area contributed by atoms with Gasteiger partial charge in [0.15, 0.2) is 0 Å². The monoisotopic (exact) mass is 205 g/mol. The Balaban J connectivity index is 2.20. The molecule has 1 aliphatic heterocycles. The van der Waals surface area contributed by atoms with Gasteiger partial charge < -0.3 is 10.6 Å². The molecule has 0 spiro atoms. The van der Waals surface area contributed by atoms with E-state index in [1.54, 1.807) is 0 Å². The zero-order valence-corrected chi connectivity index (χ0v) is 9.48. The first-order valence-electron chi connectivity index (χ1n) is 5.59. The number of rotatable bonds is 1. The average molecular weight is 205 g/mol. The maximum atomic E-state index is 6.03. The van der Waals surface area contributed by atoms with Gasteiger partial charge in [0.2, 0.25) is 0 Å². The minimum atomic E-state index is 0.287. The fraction of sp³-hybridized carbons (Fsp3) is 0.583. The van der Waals surface area contributed by atoms with Gasteiger partial charge in [-0.2, -0.15) is 0 Å². The molecule has 0 saturated carbocycles. The molecule has 1 saturated heterocycles. The van der Waals surface area contributed by atoms with Crippen molar-refractivity contribution in [3.05, 3.63) is 23.9 Å². The number of nitrogens with two attached hydrogens (primary N) is 1. The van der Waals surface area contributed by atoms with Gasteiger partial charge in [-0.1, -0.05) is 13.0 Å². The lowest BCUT2D eigenvalue weighted by atomic mass is 9.96. The molecule has 0 aromatic carbocycles. The minimum Gasteiger partial charge on any atom is -0.355 e. The van der Waals surface area contributed by atoms with E-state index < -0.39 is 0 Å². The number of anilines is 1. The van der Waals surface area contributed by atoms with Gasteiger partial charge in [-0.25, -0.2) is 4.98 Å². The molecule has 2 heterocycles. The van der Waals surface area contributed by atoms with Crippen molar-refractivity contribution >= 4 is 5.82 Å². The third kappa shape index (κ3) is 2.29. The van der Waals surface area contributed by atoms with Crippen molar-refractivity contribution in [1.29, 1.82) is 0 Å². The summed E-state index contributed by atoms with van der Waals surface area (Å²) in [6.07, 6.45) is 2.98. The highest BCUT2D eigenvalue weighted by Gasteiger charge is 2.23. The largest absolute Gasteiger partial charge is 0.355 e. The van der Waals surface area contributed by atoms with Gasteiger partial charge in [0, 0.05) is 25.3 Å². The second kappa shape index (κ2) is 4.19. The Morgan fingerprint density at radius 2 is 2.27 bits per heavy atom. The van der Waals surface area contributed by atoms with Crippen LogP contribution in [0.25, 0.3) is 0 Å². The molecule has 2 N–H and O–H groups in total. The predicted octanol–water partition coefficient (Wildman–Crippen LogP) is 1.56. The van der Waals surface area contributed by atoms with Crippen LogP contribution in [-0.2, 0) is 0 Å². The second-order valence-electron chi connectivity index (χ2n) is 4.65. The van der Waals surface area contributed by atoms with Crippen molar-refractivity contribution in [3.63, 3.8) is 0 Å². The fourth-order valence-corrected chi connectivity index (χ4v) is 2.38. The molecule has 1 aliphatic rings. The normalized spacial score (nSPS) is 26.7. The van der Waals surface area contributed by atoms with E-state index >= 15 is 0 Å². The van der Waals surface area contributed by atoms with Crippen molar-refractivity contribution in [3.8, 4) is 0 Å².